The maximum atomic E-state index is 12.1. The van der Waals surface area contributed by atoms with Crippen LogP contribution in [0.5, 0.6) is 0 Å². The molecule has 0 aliphatic carbocycles. The van der Waals surface area contributed by atoms with Gasteiger partial charge in [-0.05, 0) is 19.3 Å². The largest absolute Gasteiger partial charge is 0.403 e. The molecular formula is C7H9F6N. The molecule has 1 nitrogen and oxygen atoms in total. The third-order valence-electron chi connectivity index (χ3n) is 2.18. The van der Waals surface area contributed by atoms with Gasteiger partial charge in [0.25, 0.3) is 0 Å². The predicted molar refractivity (Wildman–Crippen MR) is 36.7 cm³/mol. The molecule has 0 aromatic carbocycles. The molecule has 1 heterocycles. The zero-order valence-corrected chi connectivity index (χ0v) is 7.04. The number of hydrogen-bond acceptors (Lipinski definition) is 1. The lowest BCUT2D eigenvalue weighted by Gasteiger charge is -2.33. The first kappa shape index (κ1) is 11.6. The number of rotatable bonds is 0. The highest BCUT2D eigenvalue weighted by molar-refractivity contribution is 4.88. The molecule has 1 aliphatic rings. The van der Waals surface area contributed by atoms with E-state index in [1.807, 2.05) is 0 Å². The minimum absolute atomic E-state index is 0.0542. The fourth-order valence-electron chi connectivity index (χ4n) is 1.45. The Kier molecular flexibility index (Phi) is 2.99. The Morgan fingerprint density at radius 1 is 0.786 bits per heavy atom. The highest BCUT2D eigenvalue weighted by atomic mass is 19.4. The summed E-state index contributed by atoms with van der Waals surface area (Å²) < 4.78 is 72.4. The van der Waals surface area contributed by atoms with Gasteiger partial charge >= 0.3 is 12.4 Å². The van der Waals surface area contributed by atoms with Gasteiger partial charge in [0.1, 0.15) is 12.1 Å². The number of hydrogen-bond donors (Lipinski definition) is 1. The Bertz CT molecular complexity index is 175. The smallest absolute Gasteiger partial charge is 0.295 e. The molecule has 0 amide bonds. The predicted octanol–water partition coefficient (Wildman–Crippen LogP) is 2.62. The van der Waals surface area contributed by atoms with Crippen molar-refractivity contribution in [1.82, 2.24) is 5.32 Å². The fraction of sp³-hybridized carbons (Fsp3) is 1.00. The van der Waals surface area contributed by atoms with Gasteiger partial charge in [0.2, 0.25) is 0 Å². The van der Waals surface area contributed by atoms with Crippen molar-refractivity contribution >= 4 is 0 Å². The third kappa shape index (κ3) is 2.76. The Labute approximate surface area is 76.5 Å². The van der Waals surface area contributed by atoms with E-state index in [9.17, 15) is 26.3 Å². The molecule has 0 unspecified atom stereocenters. The Hall–Kier alpha value is -0.460. The summed E-state index contributed by atoms with van der Waals surface area (Å²) >= 11 is 0. The van der Waals surface area contributed by atoms with Crippen molar-refractivity contribution < 1.29 is 26.3 Å². The molecular weight excluding hydrogens is 212 g/mol. The van der Waals surface area contributed by atoms with Crippen molar-refractivity contribution in [1.29, 1.82) is 0 Å². The lowest BCUT2D eigenvalue weighted by atomic mass is 9.98. The summed E-state index contributed by atoms with van der Waals surface area (Å²) in [6.45, 7) is 0. The van der Waals surface area contributed by atoms with E-state index in [0.29, 0.717) is 0 Å². The Morgan fingerprint density at radius 2 is 1.14 bits per heavy atom. The van der Waals surface area contributed by atoms with Crippen LogP contribution in [0.1, 0.15) is 19.3 Å². The molecule has 1 saturated heterocycles. The van der Waals surface area contributed by atoms with Crippen LogP contribution >= 0.6 is 0 Å². The first-order valence-electron chi connectivity index (χ1n) is 4.11. The molecule has 7 heteroatoms. The minimum Gasteiger partial charge on any atom is -0.295 e. The van der Waals surface area contributed by atoms with Gasteiger partial charge in [-0.2, -0.15) is 26.3 Å². The molecule has 0 spiro atoms. The van der Waals surface area contributed by atoms with E-state index < -0.39 is 24.4 Å². The van der Waals surface area contributed by atoms with Crippen LogP contribution in [0.25, 0.3) is 0 Å². The van der Waals surface area contributed by atoms with E-state index in [4.69, 9.17) is 0 Å². The van der Waals surface area contributed by atoms with Crippen molar-refractivity contribution in [3.05, 3.63) is 0 Å². The van der Waals surface area contributed by atoms with E-state index in [0.717, 1.165) is 0 Å². The summed E-state index contributed by atoms with van der Waals surface area (Å²) in [5.74, 6) is 0. The summed E-state index contributed by atoms with van der Waals surface area (Å²) in [4.78, 5) is 0. The first-order valence-corrected chi connectivity index (χ1v) is 4.11. The van der Waals surface area contributed by atoms with E-state index in [1.165, 1.54) is 0 Å². The Morgan fingerprint density at radius 3 is 1.43 bits per heavy atom. The highest BCUT2D eigenvalue weighted by Crippen LogP contribution is 2.33. The zero-order chi connectivity index (χ0) is 11.0. The van der Waals surface area contributed by atoms with E-state index >= 15 is 0 Å². The monoisotopic (exact) mass is 221 g/mol. The normalized spacial score (nSPS) is 30.4. The molecule has 1 fully saturated rings. The molecule has 0 radical (unpaired) electrons. The van der Waals surface area contributed by atoms with Gasteiger partial charge in [-0.25, -0.2) is 0 Å². The third-order valence-corrected chi connectivity index (χ3v) is 2.18. The molecule has 14 heavy (non-hydrogen) atoms. The van der Waals surface area contributed by atoms with E-state index in [1.54, 1.807) is 5.32 Å². The molecule has 2 atom stereocenters. The van der Waals surface area contributed by atoms with Crippen LogP contribution in [0.4, 0.5) is 26.3 Å². The summed E-state index contributed by atoms with van der Waals surface area (Å²) in [5.41, 5.74) is 0. The van der Waals surface area contributed by atoms with E-state index in [-0.39, 0.29) is 19.3 Å². The minimum atomic E-state index is -4.59. The number of halogens is 6. The standard InChI is InChI=1S/C7H9F6N/c8-6(9,10)4-2-1-3-5(14-4)7(11,12)13/h4-5,14H,1-3H2/t4-,5-/m1/s1. The fourth-order valence-corrected chi connectivity index (χ4v) is 1.45. The van der Waals surface area contributed by atoms with Crippen LogP contribution in [0.15, 0.2) is 0 Å². The van der Waals surface area contributed by atoms with Gasteiger partial charge in [0.15, 0.2) is 0 Å². The van der Waals surface area contributed by atoms with Crippen LogP contribution < -0.4 is 5.32 Å². The molecule has 84 valence electrons. The molecule has 1 rings (SSSR count). The maximum Gasteiger partial charge on any atom is 0.403 e. The quantitative estimate of drug-likeness (QED) is 0.620. The van der Waals surface area contributed by atoms with Crippen LogP contribution in [0.2, 0.25) is 0 Å². The molecule has 0 aromatic heterocycles. The number of nitrogens with one attached hydrogen (secondary N) is 1. The Balaban J connectivity index is 2.61. The molecule has 0 aromatic rings. The summed E-state index contributed by atoms with van der Waals surface area (Å²) in [7, 11) is 0. The summed E-state index contributed by atoms with van der Waals surface area (Å²) in [6.07, 6.45) is -9.80. The maximum absolute atomic E-state index is 12.1. The molecule has 0 bridgehead atoms. The summed E-state index contributed by atoms with van der Waals surface area (Å²) in [6, 6.07) is -4.05. The van der Waals surface area contributed by atoms with Crippen LogP contribution in [-0.2, 0) is 0 Å². The SMILES string of the molecule is FC(F)(F)[C@H]1CCC[C@H](C(F)(F)F)N1. The van der Waals surface area contributed by atoms with Crippen LogP contribution in [-0.4, -0.2) is 24.4 Å². The second kappa shape index (κ2) is 3.60. The van der Waals surface area contributed by atoms with Crippen molar-refractivity contribution in [2.75, 3.05) is 0 Å². The van der Waals surface area contributed by atoms with Crippen molar-refractivity contribution in [2.45, 2.75) is 43.7 Å². The van der Waals surface area contributed by atoms with Gasteiger partial charge in [0.05, 0.1) is 0 Å². The van der Waals surface area contributed by atoms with Crippen molar-refractivity contribution in [2.24, 2.45) is 0 Å². The average molecular weight is 221 g/mol. The van der Waals surface area contributed by atoms with Gasteiger partial charge in [-0.3, -0.25) is 5.32 Å². The van der Waals surface area contributed by atoms with E-state index in [2.05, 4.69) is 0 Å². The van der Waals surface area contributed by atoms with Gasteiger partial charge in [0, 0.05) is 0 Å². The van der Waals surface area contributed by atoms with Crippen LogP contribution in [0, 0.1) is 0 Å². The number of piperidine rings is 1. The van der Waals surface area contributed by atoms with Crippen LogP contribution in [0.3, 0.4) is 0 Å². The van der Waals surface area contributed by atoms with Crippen molar-refractivity contribution in [3.8, 4) is 0 Å². The average Bonchev–Trinajstić information content (AvgIpc) is 2.01. The van der Waals surface area contributed by atoms with Gasteiger partial charge < -0.3 is 0 Å². The molecule has 1 N–H and O–H groups in total. The first-order chi connectivity index (χ1) is 6.21. The lowest BCUT2D eigenvalue weighted by Crippen LogP contribution is -2.55. The zero-order valence-electron chi connectivity index (χ0n) is 7.04. The highest BCUT2D eigenvalue weighted by Gasteiger charge is 2.48. The van der Waals surface area contributed by atoms with Gasteiger partial charge in [-0.1, -0.05) is 0 Å². The molecule has 0 saturated carbocycles. The second-order valence-electron chi connectivity index (χ2n) is 3.29. The topological polar surface area (TPSA) is 12.0 Å². The molecule has 1 aliphatic heterocycles. The second-order valence-corrected chi connectivity index (χ2v) is 3.29. The summed E-state index contributed by atoms with van der Waals surface area (Å²) in [5, 5.41) is 1.58. The number of alkyl halides is 6. The van der Waals surface area contributed by atoms with Crippen molar-refractivity contribution in [3.63, 3.8) is 0 Å². The lowest BCUT2D eigenvalue weighted by molar-refractivity contribution is -0.197. The van der Waals surface area contributed by atoms with Gasteiger partial charge in [-0.15, -0.1) is 0 Å².